The average molecular weight is 382 g/mol. The van der Waals surface area contributed by atoms with Crippen LogP contribution in [0.2, 0.25) is 0 Å². The zero-order valence-corrected chi connectivity index (χ0v) is 16.6. The van der Waals surface area contributed by atoms with Crippen molar-refractivity contribution < 1.29 is 9.21 Å². The Kier molecular flexibility index (Phi) is 6.29. The molecule has 0 spiro atoms. The molecular weight excluding hydrogens is 358 g/mol. The van der Waals surface area contributed by atoms with E-state index >= 15 is 0 Å². The highest BCUT2D eigenvalue weighted by Crippen LogP contribution is 2.24. The van der Waals surface area contributed by atoms with Crippen LogP contribution in [0, 0.1) is 20.8 Å². The lowest BCUT2D eigenvalue weighted by Crippen LogP contribution is -2.11. The molecule has 0 aliphatic carbocycles. The van der Waals surface area contributed by atoms with Crippen molar-refractivity contribution in [3.63, 3.8) is 0 Å². The van der Waals surface area contributed by atoms with Gasteiger partial charge in [-0.25, -0.2) is 0 Å². The van der Waals surface area contributed by atoms with Gasteiger partial charge >= 0.3 is 6.01 Å². The van der Waals surface area contributed by atoms with Crippen LogP contribution in [0.15, 0.2) is 51.8 Å². The van der Waals surface area contributed by atoms with E-state index in [9.17, 15) is 4.79 Å². The molecule has 6 heteroatoms. The van der Waals surface area contributed by atoms with E-state index in [0.29, 0.717) is 12.3 Å². The second-order valence-corrected chi connectivity index (χ2v) is 7.71. The largest absolute Gasteiger partial charge is 0.403 e. The molecule has 2 aromatic carbocycles. The van der Waals surface area contributed by atoms with Gasteiger partial charge in [-0.05, 0) is 56.7 Å². The maximum absolute atomic E-state index is 12.1. The Morgan fingerprint density at radius 1 is 1.04 bits per heavy atom. The first kappa shape index (κ1) is 19.2. The van der Waals surface area contributed by atoms with Crippen molar-refractivity contribution in [1.29, 1.82) is 0 Å². The molecule has 0 radical (unpaired) electrons. The number of amides is 1. The minimum Gasteiger partial charge on any atom is -0.403 e. The molecule has 1 N–H and O–H groups in total. The van der Waals surface area contributed by atoms with Crippen LogP contribution in [0.3, 0.4) is 0 Å². The molecule has 27 heavy (non-hydrogen) atoms. The smallest absolute Gasteiger partial charge is 0.322 e. The van der Waals surface area contributed by atoms with Crippen molar-refractivity contribution in [2.45, 2.75) is 38.5 Å². The van der Waals surface area contributed by atoms with Gasteiger partial charge in [0.2, 0.25) is 11.8 Å². The number of thioether (sulfide) groups is 1. The minimum atomic E-state index is -0.115. The molecule has 3 rings (SSSR count). The summed E-state index contributed by atoms with van der Waals surface area (Å²) in [6.45, 7) is 6.10. The number of rotatable bonds is 7. The summed E-state index contributed by atoms with van der Waals surface area (Å²) in [5.41, 5.74) is 4.36. The van der Waals surface area contributed by atoms with E-state index in [-0.39, 0.29) is 11.9 Å². The Bertz CT molecular complexity index is 919. The van der Waals surface area contributed by atoms with E-state index in [0.717, 1.165) is 23.3 Å². The zero-order chi connectivity index (χ0) is 19.2. The van der Waals surface area contributed by atoms with Crippen molar-refractivity contribution in [1.82, 2.24) is 10.2 Å². The molecule has 0 saturated carbocycles. The molecule has 140 valence electrons. The Morgan fingerprint density at radius 2 is 1.78 bits per heavy atom. The Labute approximate surface area is 163 Å². The second-order valence-electron chi connectivity index (χ2n) is 6.54. The third-order valence-corrected chi connectivity index (χ3v) is 5.22. The number of hydrogen-bond donors (Lipinski definition) is 1. The molecule has 1 amide bonds. The highest BCUT2D eigenvalue weighted by atomic mass is 32.2. The first-order chi connectivity index (χ1) is 13.0. The maximum Gasteiger partial charge on any atom is 0.322 e. The van der Waals surface area contributed by atoms with Gasteiger partial charge in [0.05, 0.1) is 0 Å². The molecule has 0 aliphatic heterocycles. The first-order valence-electron chi connectivity index (χ1n) is 8.92. The van der Waals surface area contributed by atoms with Crippen LogP contribution in [-0.4, -0.2) is 21.9 Å². The standard InChI is InChI=1S/C21H23N3O2S/c1-14-6-9-17(10-7-14)27-12-4-5-19(25)22-21-24-23-20(26-21)18-11-8-15(2)13-16(18)3/h6-11,13H,4-5,12H2,1-3H3,(H,22,24,25). The fourth-order valence-electron chi connectivity index (χ4n) is 2.68. The summed E-state index contributed by atoms with van der Waals surface area (Å²) < 4.78 is 5.59. The van der Waals surface area contributed by atoms with Crippen LogP contribution < -0.4 is 5.32 Å². The number of carbonyl (C=O) groups excluding carboxylic acids is 1. The monoisotopic (exact) mass is 381 g/mol. The number of carbonyl (C=O) groups is 1. The lowest BCUT2D eigenvalue weighted by Gasteiger charge is -2.03. The van der Waals surface area contributed by atoms with E-state index in [1.807, 2.05) is 26.0 Å². The van der Waals surface area contributed by atoms with E-state index < -0.39 is 0 Å². The van der Waals surface area contributed by atoms with Gasteiger partial charge in [-0.15, -0.1) is 16.9 Å². The quantitative estimate of drug-likeness (QED) is 0.451. The van der Waals surface area contributed by atoms with Crippen molar-refractivity contribution in [2.75, 3.05) is 11.1 Å². The van der Waals surface area contributed by atoms with Crippen LogP contribution in [0.25, 0.3) is 11.5 Å². The number of benzene rings is 2. The van der Waals surface area contributed by atoms with E-state index in [4.69, 9.17) is 4.42 Å². The summed E-state index contributed by atoms with van der Waals surface area (Å²) in [7, 11) is 0. The SMILES string of the molecule is Cc1ccc(SCCCC(=O)Nc2nnc(-c3ccc(C)cc3C)o2)cc1. The van der Waals surface area contributed by atoms with Crippen molar-refractivity contribution in [2.24, 2.45) is 0 Å². The number of nitrogens with one attached hydrogen (secondary N) is 1. The van der Waals surface area contributed by atoms with E-state index in [2.05, 4.69) is 52.8 Å². The third-order valence-electron chi connectivity index (χ3n) is 4.12. The predicted molar refractivity (Wildman–Crippen MR) is 109 cm³/mol. The molecule has 0 saturated heterocycles. The second kappa shape index (κ2) is 8.86. The van der Waals surface area contributed by atoms with Gasteiger partial charge in [0.1, 0.15) is 0 Å². The fourth-order valence-corrected chi connectivity index (χ4v) is 3.53. The number of anilines is 1. The number of aromatic nitrogens is 2. The Morgan fingerprint density at radius 3 is 2.52 bits per heavy atom. The number of aryl methyl sites for hydroxylation is 3. The predicted octanol–water partition coefficient (Wildman–Crippen LogP) is 5.17. The molecular formula is C21H23N3O2S. The molecule has 0 aliphatic rings. The van der Waals surface area contributed by atoms with E-state index in [1.165, 1.54) is 16.0 Å². The highest BCUT2D eigenvalue weighted by Gasteiger charge is 2.13. The van der Waals surface area contributed by atoms with Gasteiger partial charge in [-0.3, -0.25) is 10.1 Å². The maximum atomic E-state index is 12.1. The van der Waals surface area contributed by atoms with Crippen molar-refractivity contribution in [3.05, 3.63) is 59.2 Å². The average Bonchev–Trinajstić information content (AvgIpc) is 3.08. The lowest BCUT2D eigenvalue weighted by atomic mass is 10.1. The van der Waals surface area contributed by atoms with Crippen LogP contribution >= 0.6 is 11.8 Å². The topological polar surface area (TPSA) is 68.0 Å². The van der Waals surface area contributed by atoms with Gasteiger partial charge in [0, 0.05) is 16.9 Å². The first-order valence-corrected chi connectivity index (χ1v) is 9.90. The van der Waals surface area contributed by atoms with Crippen LogP contribution in [0.1, 0.15) is 29.5 Å². The van der Waals surface area contributed by atoms with Crippen molar-refractivity contribution in [3.8, 4) is 11.5 Å². The molecule has 0 fully saturated rings. The Hall–Kier alpha value is -2.60. The fraction of sp³-hybridized carbons (Fsp3) is 0.286. The summed E-state index contributed by atoms with van der Waals surface area (Å²) in [6, 6.07) is 14.5. The molecule has 0 bridgehead atoms. The van der Waals surface area contributed by atoms with Gasteiger partial charge in [-0.1, -0.05) is 40.5 Å². The minimum absolute atomic E-state index is 0.115. The summed E-state index contributed by atoms with van der Waals surface area (Å²) >= 11 is 1.75. The van der Waals surface area contributed by atoms with Gasteiger partial charge in [0.15, 0.2) is 0 Å². The third kappa shape index (κ3) is 5.44. The lowest BCUT2D eigenvalue weighted by molar-refractivity contribution is -0.116. The highest BCUT2D eigenvalue weighted by molar-refractivity contribution is 7.99. The number of nitrogens with zero attached hydrogens (tertiary/aromatic N) is 2. The van der Waals surface area contributed by atoms with Gasteiger partial charge in [-0.2, -0.15) is 0 Å². The molecule has 3 aromatic rings. The normalized spacial score (nSPS) is 10.8. The summed E-state index contributed by atoms with van der Waals surface area (Å²) in [5, 5.41) is 10.6. The molecule has 1 aromatic heterocycles. The number of hydrogen-bond acceptors (Lipinski definition) is 5. The summed E-state index contributed by atoms with van der Waals surface area (Å²) in [5.74, 6) is 1.18. The van der Waals surface area contributed by atoms with Crippen LogP contribution in [0.5, 0.6) is 0 Å². The molecule has 0 atom stereocenters. The molecule has 5 nitrogen and oxygen atoms in total. The van der Waals surface area contributed by atoms with Crippen LogP contribution in [0.4, 0.5) is 6.01 Å². The zero-order valence-electron chi connectivity index (χ0n) is 15.8. The van der Waals surface area contributed by atoms with Crippen molar-refractivity contribution >= 4 is 23.7 Å². The van der Waals surface area contributed by atoms with Gasteiger partial charge in [0.25, 0.3) is 0 Å². The molecule has 0 unspecified atom stereocenters. The van der Waals surface area contributed by atoms with Gasteiger partial charge < -0.3 is 4.42 Å². The van der Waals surface area contributed by atoms with Crippen LogP contribution in [-0.2, 0) is 4.79 Å². The summed E-state index contributed by atoms with van der Waals surface area (Å²) in [6.07, 6.45) is 1.20. The summed E-state index contributed by atoms with van der Waals surface area (Å²) in [4.78, 5) is 13.3. The van der Waals surface area contributed by atoms with E-state index in [1.54, 1.807) is 11.8 Å². The Balaban J connectivity index is 1.47. The molecule has 1 heterocycles.